The summed E-state index contributed by atoms with van der Waals surface area (Å²) in [7, 11) is 5.86. The van der Waals surface area contributed by atoms with Crippen molar-refractivity contribution in [3.05, 3.63) is 60.0 Å². The van der Waals surface area contributed by atoms with E-state index in [4.69, 9.17) is 0 Å². The maximum absolute atomic E-state index is 13.2. The first-order chi connectivity index (χ1) is 18.2. The number of carbonyl (C=O) groups excluding carboxylic acids is 2. The van der Waals surface area contributed by atoms with E-state index in [0.717, 1.165) is 67.3 Å². The molecule has 204 valence electrons. The number of amides is 3. The summed E-state index contributed by atoms with van der Waals surface area (Å²) >= 11 is 0. The Morgan fingerprint density at radius 1 is 1.13 bits per heavy atom. The predicted molar refractivity (Wildman–Crippen MR) is 148 cm³/mol. The molecular formula is C29H39FN6O2. The van der Waals surface area contributed by atoms with Gasteiger partial charge in [-0.15, -0.1) is 0 Å². The van der Waals surface area contributed by atoms with Crippen molar-refractivity contribution >= 4 is 28.5 Å². The number of fused-ring (bicyclic) bond motifs is 1. The van der Waals surface area contributed by atoms with E-state index in [2.05, 4.69) is 27.7 Å². The molecule has 3 aromatic rings. The predicted octanol–water partition coefficient (Wildman–Crippen LogP) is 4.41. The number of rotatable bonds is 9. The average molecular weight is 523 g/mol. The van der Waals surface area contributed by atoms with Crippen LogP contribution in [0.15, 0.2) is 48.7 Å². The van der Waals surface area contributed by atoms with Gasteiger partial charge in [-0.25, -0.2) is 9.18 Å². The highest BCUT2D eigenvalue weighted by Crippen LogP contribution is 2.29. The monoisotopic (exact) mass is 522 g/mol. The molecule has 0 aliphatic heterocycles. The summed E-state index contributed by atoms with van der Waals surface area (Å²) in [6.45, 7) is 3.32. The van der Waals surface area contributed by atoms with Crippen LogP contribution in [-0.2, 0) is 18.3 Å². The van der Waals surface area contributed by atoms with E-state index in [1.165, 1.54) is 12.1 Å². The number of anilines is 1. The third kappa shape index (κ3) is 7.10. The van der Waals surface area contributed by atoms with E-state index in [1.807, 2.05) is 49.3 Å². The number of halogens is 1. The van der Waals surface area contributed by atoms with Crippen LogP contribution in [0.3, 0.4) is 0 Å². The molecule has 1 fully saturated rings. The van der Waals surface area contributed by atoms with Gasteiger partial charge in [0.2, 0.25) is 5.91 Å². The molecule has 1 heterocycles. The maximum atomic E-state index is 13.2. The number of aryl methyl sites for hydroxylation is 2. The van der Waals surface area contributed by atoms with Gasteiger partial charge >= 0.3 is 6.03 Å². The zero-order chi connectivity index (χ0) is 27.2. The van der Waals surface area contributed by atoms with Gasteiger partial charge in [0.05, 0.1) is 11.7 Å². The SMILES string of the molecule is CC(=O)N(C)[C@H]1CC[C@@H](NC(=O)Nc2ccc3c(cnn3C)c2)[C@H](CN(C)CCCc2ccc(F)cc2)C1. The van der Waals surface area contributed by atoms with Crippen LogP contribution < -0.4 is 10.6 Å². The fourth-order valence-corrected chi connectivity index (χ4v) is 5.51. The van der Waals surface area contributed by atoms with Crippen LogP contribution in [-0.4, -0.2) is 70.8 Å². The molecule has 0 saturated heterocycles. The molecule has 38 heavy (non-hydrogen) atoms. The largest absolute Gasteiger partial charge is 0.343 e. The third-order valence-corrected chi connectivity index (χ3v) is 7.78. The summed E-state index contributed by atoms with van der Waals surface area (Å²) in [5.41, 5.74) is 2.86. The zero-order valence-electron chi connectivity index (χ0n) is 22.8. The molecule has 1 aliphatic rings. The number of benzene rings is 2. The van der Waals surface area contributed by atoms with Gasteiger partial charge < -0.3 is 20.4 Å². The van der Waals surface area contributed by atoms with E-state index in [1.54, 1.807) is 17.8 Å². The Hall–Kier alpha value is -3.46. The fraction of sp³-hybridized carbons (Fsp3) is 0.483. The van der Waals surface area contributed by atoms with Gasteiger partial charge in [0.15, 0.2) is 0 Å². The van der Waals surface area contributed by atoms with E-state index in [-0.39, 0.29) is 35.8 Å². The van der Waals surface area contributed by atoms with Crippen molar-refractivity contribution in [2.75, 3.05) is 32.5 Å². The summed E-state index contributed by atoms with van der Waals surface area (Å²) < 4.78 is 15.0. The van der Waals surface area contributed by atoms with Gasteiger partial charge in [-0.2, -0.15) is 5.10 Å². The van der Waals surface area contributed by atoms with Crippen molar-refractivity contribution in [2.45, 2.75) is 51.1 Å². The third-order valence-electron chi connectivity index (χ3n) is 7.78. The molecule has 9 heteroatoms. The Bertz CT molecular complexity index is 1240. The molecule has 0 spiro atoms. The highest BCUT2D eigenvalue weighted by molar-refractivity contribution is 5.92. The fourth-order valence-electron chi connectivity index (χ4n) is 5.51. The molecule has 3 amide bonds. The van der Waals surface area contributed by atoms with Crippen LogP contribution in [0.25, 0.3) is 10.9 Å². The van der Waals surface area contributed by atoms with Crippen molar-refractivity contribution in [2.24, 2.45) is 13.0 Å². The molecule has 1 aromatic heterocycles. The number of carbonyl (C=O) groups is 2. The Balaban J connectivity index is 1.36. The normalized spacial score (nSPS) is 19.5. The molecule has 8 nitrogen and oxygen atoms in total. The van der Waals surface area contributed by atoms with Crippen LogP contribution in [0.5, 0.6) is 0 Å². The van der Waals surface area contributed by atoms with Crippen molar-refractivity contribution in [3.63, 3.8) is 0 Å². The Morgan fingerprint density at radius 2 is 1.89 bits per heavy atom. The summed E-state index contributed by atoms with van der Waals surface area (Å²) in [5.74, 6) is 0.0581. The number of aromatic nitrogens is 2. The minimum atomic E-state index is -0.222. The lowest BCUT2D eigenvalue weighted by molar-refractivity contribution is -0.130. The van der Waals surface area contributed by atoms with Crippen molar-refractivity contribution in [3.8, 4) is 0 Å². The molecular weight excluding hydrogens is 483 g/mol. The quantitative estimate of drug-likeness (QED) is 0.436. The molecule has 0 radical (unpaired) electrons. The average Bonchev–Trinajstić information content (AvgIpc) is 3.25. The van der Waals surface area contributed by atoms with Gasteiger partial charge in [0.25, 0.3) is 0 Å². The molecule has 2 aromatic carbocycles. The summed E-state index contributed by atoms with van der Waals surface area (Å²) in [6.07, 6.45) is 6.13. The second-order valence-corrected chi connectivity index (χ2v) is 10.6. The van der Waals surface area contributed by atoms with Gasteiger partial charge in [0.1, 0.15) is 5.82 Å². The minimum Gasteiger partial charge on any atom is -0.343 e. The number of hydrogen-bond donors (Lipinski definition) is 2. The topological polar surface area (TPSA) is 82.5 Å². The molecule has 1 aliphatic carbocycles. The maximum Gasteiger partial charge on any atom is 0.319 e. The molecule has 4 rings (SSSR count). The van der Waals surface area contributed by atoms with Crippen LogP contribution >= 0.6 is 0 Å². The lowest BCUT2D eigenvalue weighted by Crippen LogP contribution is -2.52. The first kappa shape index (κ1) is 27.6. The first-order valence-corrected chi connectivity index (χ1v) is 13.3. The van der Waals surface area contributed by atoms with Crippen molar-refractivity contribution in [1.82, 2.24) is 24.9 Å². The van der Waals surface area contributed by atoms with Gasteiger partial charge in [0, 0.05) is 50.7 Å². The standard InChI is InChI=1S/C29H39FN6O2/c1-20(37)35(3)26-12-13-27(33-29(38)32-25-11-14-28-22(16-25)18-31-36(28)4)23(17-26)19-34(2)15-5-6-21-7-9-24(30)10-8-21/h7-11,14,16,18,23,26-27H,5-6,12-13,15,17,19H2,1-4H3,(H2,32,33,38)/t23-,26-,27+/m0/s1. The molecule has 3 atom stereocenters. The summed E-state index contributed by atoms with van der Waals surface area (Å²) in [6, 6.07) is 12.4. The van der Waals surface area contributed by atoms with Gasteiger partial charge in [-0.05, 0) is 87.5 Å². The number of hydrogen-bond acceptors (Lipinski definition) is 4. The number of urea groups is 1. The molecule has 0 bridgehead atoms. The van der Waals surface area contributed by atoms with Crippen LogP contribution in [0.2, 0.25) is 0 Å². The van der Waals surface area contributed by atoms with Crippen molar-refractivity contribution in [1.29, 1.82) is 0 Å². The summed E-state index contributed by atoms with van der Waals surface area (Å²) in [4.78, 5) is 29.1. The highest BCUT2D eigenvalue weighted by atomic mass is 19.1. The Kier molecular flexibility index (Phi) is 8.99. The first-order valence-electron chi connectivity index (χ1n) is 13.3. The molecule has 0 unspecified atom stereocenters. The van der Waals surface area contributed by atoms with Gasteiger partial charge in [-0.1, -0.05) is 12.1 Å². The number of nitrogens with one attached hydrogen (secondary N) is 2. The lowest BCUT2D eigenvalue weighted by atomic mass is 9.80. The van der Waals surface area contributed by atoms with Crippen LogP contribution in [0, 0.1) is 11.7 Å². The minimum absolute atomic E-state index is 0.00767. The smallest absolute Gasteiger partial charge is 0.319 e. The van der Waals surface area contributed by atoms with Crippen LogP contribution in [0.1, 0.15) is 38.2 Å². The van der Waals surface area contributed by atoms with E-state index in [9.17, 15) is 14.0 Å². The van der Waals surface area contributed by atoms with Crippen molar-refractivity contribution < 1.29 is 14.0 Å². The number of nitrogens with zero attached hydrogens (tertiary/aromatic N) is 4. The molecule has 2 N–H and O–H groups in total. The Morgan fingerprint density at radius 3 is 2.63 bits per heavy atom. The van der Waals surface area contributed by atoms with Crippen LogP contribution in [0.4, 0.5) is 14.9 Å². The van der Waals surface area contributed by atoms with E-state index in [0.29, 0.717) is 0 Å². The molecule has 1 saturated carbocycles. The second-order valence-electron chi connectivity index (χ2n) is 10.6. The Labute approximate surface area is 224 Å². The zero-order valence-corrected chi connectivity index (χ0v) is 22.8. The lowest BCUT2D eigenvalue weighted by Gasteiger charge is -2.41. The van der Waals surface area contributed by atoms with E-state index < -0.39 is 0 Å². The van der Waals surface area contributed by atoms with Gasteiger partial charge in [-0.3, -0.25) is 9.48 Å². The van der Waals surface area contributed by atoms with E-state index >= 15 is 0 Å². The second kappa shape index (κ2) is 12.4. The highest BCUT2D eigenvalue weighted by Gasteiger charge is 2.34. The summed E-state index contributed by atoms with van der Waals surface area (Å²) in [5, 5.41) is 11.4.